The number of benzene rings is 1. The third-order valence-electron chi connectivity index (χ3n) is 2.34. The van der Waals surface area contributed by atoms with Crippen molar-refractivity contribution in [2.24, 2.45) is 0 Å². The quantitative estimate of drug-likeness (QED) is 0.800. The predicted octanol–water partition coefficient (Wildman–Crippen LogP) is 4.78. The van der Waals surface area contributed by atoms with E-state index in [9.17, 15) is 13.2 Å². The third kappa shape index (κ3) is 3.44. The summed E-state index contributed by atoms with van der Waals surface area (Å²) in [6.07, 6.45) is -3.03. The molecular formula is C13H6ClF3N2S. The van der Waals surface area contributed by atoms with E-state index in [4.69, 9.17) is 16.9 Å². The molecule has 0 aliphatic rings. The zero-order chi connectivity index (χ0) is 14.8. The minimum Gasteiger partial charge on any atom is -0.248 e. The Hall–Kier alpha value is -1.71. The first-order valence-corrected chi connectivity index (χ1v) is 6.50. The number of hydrogen-bond donors (Lipinski definition) is 0. The van der Waals surface area contributed by atoms with Crippen LogP contribution >= 0.6 is 23.4 Å². The Kier molecular flexibility index (Phi) is 4.21. The fourth-order valence-electron chi connectivity index (χ4n) is 1.42. The van der Waals surface area contributed by atoms with Crippen molar-refractivity contribution in [1.82, 2.24) is 4.98 Å². The van der Waals surface area contributed by atoms with Gasteiger partial charge in [-0.2, -0.15) is 18.4 Å². The summed E-state index contributed by atoms with van der Waals surface area (Å²) in [5, 5.41) is 9.97. The Balaban J connectivity index is 2.33. The van der Waals surface area contributed by atoms with Crippen LogP contribution in [-0.2, 0) is 6.18 Å². The number of alkyl halides is 3. The van der Waals surface area contributed by atoms with E-state index in [0.717, 1.165) is 23.9 Å². The minimum absolute atomic E-state index is 0.0402. The SMILES string of the molecule is N#Cc1cc(C(F)(F)F)ccc1Sc1ccc(Cl)cn1. The lowest BCUT2D eigenvalue weighted by atomic mass is 10.1. The van der Waals surface area contributed by atoms with Gasteiger partial charge < -0.3 is 0 Å². The highest BCUT2D eigenvalue weighted by Crippen LogP contribution is 2.35. The predicted molar refractivity (Wildman–Crippen MR) is 69.5 cm³/mol. The van der Waals surface area contributed by atoms with E-state index in [2.05, 4.69) is 4.98 Å². The molecule has 0 aliphatic heterocycles. The second-order valence-electron chi connectivity index (χ2n) is 3.74. The molecule has 102 valence electrons. The molecule has 0 saturated carbocycles. The fraction of sp³-hybridized carbons (Fsp3) is 0.0769. The molecule has 0 radical (unpaired) electrons. The number of halogens is 4. The molecule has 0 aliphatic carbocycles. The summed E-state index contributed by atoms with van der Waals surface area (Å²) in [6.45, 7) is 0. The van der Waals surface area contributed by atoms with E-state index < -0.39 is 11.7 Å². The number of hydrogen-bond acceptors (Lipinski definition) is 3. The highest BCUT2D eigenvalue weighted by molar-refractivity contribution is 7.99. The van der Waals surface area contributed by atoms with Crippen molar-refractivity contribution in [3.05, 3.63) is 52.7 Å². The van der Waals surface area contributed by atoms with Crippen molar-refractivity contribution in [3.63, 3.8) is 0 Å². The standard InChI is InChI=1S/C13H6ClF3N2S/c14-10-2-4-12(19-7-10)20-11-3-1-9(13(15,16)17)5-8(11)6-18/h1-5,7H. The van der Waals surface area contributed by atoms with Crippen molar-refractivity contribution < 1.29 is 13.2 Å². The van der Waals surface area contributed by atoms with Gasteiger partial charge in [-0.25, -0.2) is 4.98 Å². The lowest BCUT2D eigenvalue weighted by Gasteiger charge is -2.09. The average molecular weight is 315 g/mol. The van der Waals surface area contributed by atoms with E-state index >= 15 is 0 Å². The van der Waals surface area contributed by atoms with Gasteiger partial charge >= 0.3 is 6.18 Å². The molecule has 0 unspecified atom stereocenters. The molecule has 0 fully saturated rings. The summed E-state index contributed by atoms with van der Waals surface area (Å²) in [5.74, 6) is 0. The summed E-state index contributed by atoms with van der Waals surface area (Å²) in [7, 11) is 0. The second kappa shape index (κ2) is 5.73. The first-order valence-electron chi connectivity index (χ1n) is 5.31. The fourth-order valence-corrected chi connectivity index (χ4v) is 2.35. The molecule has 0 N–H and O–H groups in total. The van der Waals surface area contributed by atoms with Gasteiger partial charge in [0.1, 0.15) is 11.1 Å². The van der Waals surface area contributed by atoms with Crippen LogP contribution in [0.15, 0.2) is 46.5 Å². The van der Waals surface area contributed by atoms with Crippen molar-refractivity contribution in [3.8, 4) is 6.07 Å². The largest absolute Gasteiger partial charge is 0.416 e. The summed E-state index contributed by atoms with van der Waals surface area (Å²) >= 11 is 6.80. The van der Waals surface area contributed by atoms with Gasteiger partial charge in [-0.05, 0) is 30.3 Å². The van der Waals surface area contributed by atoms with Crippen LogP contribution in [0.1, 0.15) is 11.1 Å². The number of nitrogens with zero attached hydrogens (tertiary/aromatic N) is 2. The molecule has 0 spiro atoms. The molecule has 0 atom stereocenters. The lowest BCUT2D eigenvalue weighted by Crippen LogP contribution is -2.05. The second-order valence-corrected chi connectivity index (χ2v) is 5.24. The normalized spacial score (nSPS) is 11.2. The third-order valence-corrected chi connectivity index (χ3v) is 3.59. The van der Waals surface area contributed by atoms with Crippen LogP contribution < -0.4 is 0 Å². The van der Waals surface area contributed by atoms with Gasteiger partial charge in [0.05, 0.1) is 16.1 Å². The average Bonchev–Trinajstić information content (AvgIpc) is 2.40. The van der Waals surface area contributed by atoms with E-state index in [-0.39, 0.29) is 5.56 Å². The van der Waals surface area contributed by atoms with Crippen molar-refractivity contribution in [2.75, 3.05) is 0 Å². The van der Waals surface area contributed by atoms with Gasteiger partial charge in [-0.15, -0.1) is 0 Å². The Bertz CT molecular complexity index is 663. The van der Waals surface area contributed by atoms with Gasteiger partial charge in [-0.1, -0.05) is 23.4 Å². The zero-order valence-corrected chi connectivity index (χ0v) is 11.4. The lowest BCUT2D eigenvalue weighted by molar-refractivity contribution is -0.137. The first kappa shape index (κ1) is 14.7. The number of rotatable bonds is 2. The molecule has 2 aromatic rings. The van der Waals surface area contributed by atoms with Crippen LogP contribution in [0, 0.1) is 11.3 Å². The molecule has 0 saturated heterocycles. The van der Waals surface area contributed by atoms with Crippen LogP contribution in [0.2, 0.25) is 5.02 Å². The number of pyridine rings is 1. The summed E-state index contributed by atoms with van der Waals surface area (Å²) in [4.78, 5) is 4.43. The highest BCUT2D eigenvalue weighted by atomic mass is 35.5. The number of aromatic nitrogens is 1. The molecular weight excluding hydrogens is 309 g/mol. The van der Waals surface area contributed by atoms with Crippen molar-refractivity contribution >= 4 is 23.4 Å². The molecule has 20 heavy (non-hydrogen) atoms. The molecule has 2 rings (SSSR count). The molecule has 1 aromatic carbocycles. The smallest absolute Gasteiger partial charge is 0.248 e. The highest BCUT2D eigenvalue weighted by Gasteiger charge is 2.31. The van der Waals surface area contributed by atoms with Crippen LogP contribution in [0.25, 0.3) is 0 Å². The maximum atomic E-state index is 12.6. The molecule has 0 amide bonds. The van der Waals surface area contributed by atoms with Gasteiger partial charge in [0.2, 0.25) is 0 Å². The summed E-state index contributed by atoms with van der Waals surface area (Å²) in [5.41, 5.74) is -0.885. The van der Waals surface area contributed by atoms with Gasteiger partial charge in [0, 0.05) is 11.1 Å². The molecule has 0 bridgehead atoms. The van der Waals surface area contributed by atoms with Crippen LogP contribution in [0.5, 0.6) is 0 Å². The monoisotopic (exact) mass is 314 g/mol. The van der Waals surface area contributed by atoms with E-state index in [0.29, 0.717) is 14.9 Å². The maximum absolute atomic E-state index is 12.6. The Labute approximate surface area is 122 Å². The Morgan fingerprint density at radius 3 is 2.50 bits per heavy atom. The Morgan fingerprint density at radius 2 is 1.95 bits per heavy atom. The van der Waals surface area contributed by atoms with E-state index in [1.165, 1.54) is 12.3 Å². The van der Waals surface area contributed by atoms with Crippen LogP contribution in [-0.4, -0.2) is 4.98 Å². The molecule has 7 heteroatoms. The topological polar surface area (TPSA) is 36.7 Å². The zero-order valence-electron chi connectivity index (χ0n) is 9.78. The first-order chi connectivity index (χ1) is 9.40. The van der Waals surface area contributed by atoms with Gasteiger partial charge in [-0.3, -0.25) is 0 Å². The van der Waals surface area contributed by atoms with Crippen molar-refractivity contribution in [2.45, 2.75) is 16.1 Å². The van der Waals surface area contributed by atoms with Crippen LogP contribution in [0.4, 0.5) is 13.2 Å². The minimum atomic E-state index is -4.46. The Morgan fingerprint density at radius 1 is 1.20 bits per heavy atom. The molecule has 1 aromatic heterocycles. The number of nitriles is 1. The van der Waals surface area contributed by atoms with Gasteiger partial charge in [0.15, 0.2) is 0 Å². The van der Waals surface area contributed by atoms with Crippen molar-refractivity contribution in [1.29, 1.82) is 5.26 Å². The molecule has 1 heterocycles. The summed E-state index contributed by atoms with van der Waals surface area (Å²) < 4.78 is 37.7. The van der Waals surface area contributed by atoms with E-state index in [1.54, 1.807) is 18.2 Å². The van der Waals surface area contributed by atoms with E-state index in [1.807, 2.05) is 0 Å². The van der Waals surface area contributed by atoms with Crippen LogP contribution in [0.3, 0.4) is 0 Å². The maximum Gasteiger partial charge on any atom is 0.416 e. The summed E-state index contributed by atoms with van der Waals surface area (Å²) in [6, 6.07) is 8.06. The van der Waals surface area contributed by atoms with Gasteiger partial charge in [0.25, 0.3) is 0 Å². The molecule has 2 nitrogen and oxygen atoms in total.